The van der Waals surface area contributed by atoms with Gasteiger partial charge in [-0.1, -0.05) is 85.3 Å². The summed E-state index contributed by atoms with van der Waals surface area (Å²) in [6.07, 6.45) is 5.97. The Balaban J connectivity index is 1.01. The van der Waals surface area contributed by atoms with Gasteiger partial charge >= 0.3 is 0 Å². The van der Waals surface area contributed by atoms with Crippen LogP contribution in [-0.2, 0) is 32.2 Å². The Kier molecular flexibility index (Phi) is 12.9. The summed E-state index contributed by atoms with van der Waals surface area (Å²) in [5.74, 6) is -0.144. The molecule has 51 heavy (non-hydrogen) atoms. The highest BCUT2D eigenvalue weighted by Gasteiger charge is 2.33. The molecule has 268 valence electrons. The van der Waals surface area contributed by atoms with E-state index >= 15 is 0 Å². The van der Waals surface area contributed by atoms with Crippen molar-refractivity contribution in [3.63, 3.8) is 0 Å². The summed E-state index contributed by atoms with van der Waals surface area (Å²) in [5.41, 5.74) is 13.1. The van der Waals surface area contributed by atoms with Gasteiger partial charge in [-0.2, -0.15) is 0 Å². The number of unbranched alkanes of at least 4 members (excludes halogenated alkanes) is 1. The van der Waals surface area contributed by atoms with Crippen molar-refractivity contribution in [2.24, 2.45) is 0 Å². The molecular weight excluding hydrogens is 640 g/mol. The number of aliphatic hydroxyl groups excluding tert-OH is 1. The number of para-hydroxylation sites is 2. The van der Waals surface area contributed by atoms with E-state index in [2.05, 4.69) is 64.1 Å². The maximum atomic E-state index is 12.6. The largest absolute Gasteiger partial charge is 0.397 e. The third-order valence-corrected chi connectivity index (χ3v) is 9.75. The number of piperidine rings is 1. The highest BCUT2D eigenvalue weighted by atomic mass is 16.7. The zero-order valence-corrected chi connectivity index (χ0v) is 29.3. The Morgan fingerprint density at radius 1 is 0.765 bits per heavy atom. The number of rotatable bonds is 14. The van der Waals surface area contributed by atoms with Gasteiger partial charge < -0.3 is 35.8 Å². The van der Waals surface area contributed by atoms with Crippen LogP contribution in [0.1, 0.15) is 86.0 Å². The molecule has 0 spiro atoms. The van der Waals surface area contributed by atoms with Crippen LogP contribution in [0, 0.1) is 0 Å². The second kappa shape index (κ2) is 18.1. The van der Waals surface area contributed by atoms with Crippen LogP contribution in [0.25, 0.3) is 11.1 Å². The second-order valence-electron chi connectivity index (χ2n) is 13.7. The molecule has 4 aromatic carbocycles. The monoisotopic (exact) mass is 690 g/mol. The lowest BCUT2D eigenvalue weighted by molar-refractivity contribution is -0.253. The number of nitrogens with two attached hydrogens (primary N) is 1. The highest BCUT2D eigenvalue weighted by Crippen LogP contribution is 2.39. The number of aliphatic hydroxyl groups is 1. The van der Waals surface area contributed by atoms with E-state index in [4.69, 9.17) is 15.2 Å². The first-order valence-electron chi connectivity index (χ1n) is 18.3. The fourth-order valence-electron chi connectivity index (χ4n) is 6.84. The van der Waals surface area contributed by atoms with Crippen molar-refractivity contribution in [3.05, 3.63) is 119 Å². The van der Waals surface area contributed by atoms with E-state index in [9.17, 15) is 14.7 Å². The first-order valence-corrected chi connectivity index (χ1v) is 18.3. The third-order valence-electron chi connectivity index (χ3n) is 9.75. The molecule has 2 saturated heterocycles. The first-order chi connectivity index (χ1) is 24.9. The molecule has 2 amide bonds. The summed E-state index contributed by atoms with van der Waals surface area (Å²) in [6, 6.07) is 31.8. The summed E-state index contributed by atoms with van der Waals surface area (Å²) < 4.78 is 13.2. The summed E-state index contributed by atoms with van der Waals surface area (Å²) in [4.78, 5) is 27.3. The van der Waals surface area contributed by atoms with E-state index in [1.165, 1.54) is 19.3 Å². The molecule has 9 nitrogen and oxygen atoms in total. The molecule has 0 unspecified atom stereocenters. The molecule has 4 aromatic rings. The summed E-state index contributed by atoms with van der Waals surface area (Å²) >= 11 is 0. The Morgan fingerprint density at radius 3 is 2.24 bits per heavy atom. The number of carbonyl (C=O) groups excluding carboxylic acids is 2. The number of ether oxygens (including phenoxy) is 2. The summed E-state index contributed by atoms with van der Waals surface area (Å²) in [5, 5.41) is 15.4. The molecule has 0 aliphatic carbocycles. The van der Waals surface area contributed by atoms with E-state index in [1.54, 1.807) is 12.1 Å². The number of nitrogen functional groups attached to an aromatic ring is 1. The molecule has 0 saturated carbocycles. The number of nitrogens with one attached hydrogen (secondary N) is 2. The smallest absolute Gasteiger partial charge is 0.224 e. The number of hydrogen-bond acceptors (Lipinski definition) is 7. The molecule has 0 aromatic heterocycles. The lowest BCUT2D eigenvalue weighted by Crippen LogP contribution is -2.41. The van der Waals surface area contributed by atoms with Gasteiger partial charge in [-0.25, -0.2) is 0 Å². The van der Waals surface area contributed by atoms with Crippen LogP contribution in [0.4, 0.5) is 11.4 Å². The minimum Gasteiger partial charge on any atom is -0.397 e. The topological polar surface area (TPSA) is 126 Å². The van der Waals surface area contributed by atoms with Gasteiger partial charge in [-0.15, -0.1) is 0 Å². The van der Waals surface area contributed by atoms with Crippen LogP contribution in [0.2, 0.25) is 0 Å². The third kappa shape index (κ3) is 10.5. The average molecular weight is 691 g/mol. The molecule has 2 heterocycles. The van der Waals surface area contributed by atoms with Crippen molar-refractivity contribution < 1.29 is 24.2 Å². The normalized spacial score (nSPS) is 19.4. The molecule has 2 aliphatic heterocycles. The lowest BCUT2D eigenvalue weighted by atomic mass is 9.98. The van der Waals surface area contributed by atoms with Gasteiger partial charge in [0.05, 0.1) is 30.2 Å². The molecule has 3 atom stereocenters. The van der Waals surface area contributed by atoms with E-state index in [0.717, 1.165) is 59.4 Å². The van der Waals surface area contributed by atoms with Crippen LogP contribution in [0.5, 0.6) is 0 Å². The summed E-state index contributed by atoms with van der Waals surface area (Å²) in [6.45, 7) is 3.58. The Labute approximate surface area is 301 Å². The minimum atomic E-state index is -0.483. The fraction of sp³-hybridized carbons (Fsp3) is 0.381. The Morgan fingerprint density at radius 2 is 1.49 bits per heavy atom. The van der Waals surface area contributed by atoms with Crippen LogP contribution in [0.3, 0.4) is 0 Å². The van der Waals surface area contributed by atoms with Gasteiger partial charge in [-0.05, 0) is 84.8 Å². The van der Waals surface area contributed by atoms with Gasteiger partial charge in [-0.3, -0.25) is 9.59 Å². The van der Waals surface area contributed by atoms with Crippen molar-refractivity contribution in [2.75, 3.05) is 30.7 Å². The predicted octanol–water partition coefficient (Wildman–Crippen LogP) is 7.27. The zero-order valence-electron chi connectivity index (χ0n) is 29.3. The van der Waals surface area contributed by atoms with Crippen LogP contribution in [0.15, 0.2) is 97.1 Å². The number of amides is 2. The maximum Gasteiger partial charge on any atom is 0.224 e. The molecule has 2 fully saturated rings. The van der Waals surface area contributed by atoms with Crippen molar-refractivity contribution >= 4 is 23.2 Å². The standard InChI is InChI=1S/C42H50N4O5/c43-37-11-2-3-12-38(37)45-41(49)14-5-4-13-40(48)44-27-31-9-8-10-35(25-31)32-19-21-34(22-20-32)42-50-36(28-46-23-6-1-7-24-46)26-39(51-42)33-17-15-30(29-47)16-18-33/h2-3,8-12,15-22,25,36,39,42,47H,1,4-7,13-14,23-24,26-29,43H2,(H,44,48)(H,45,49)/t36-,39+,42+/m1/s1. The van der Waals surface area contributed by atoms with Gasteiger partial charge in [0.25, 0.3) is 0 Å². The SMILES string of the molecule is Nc1ccccc1NC(=O)CCCCC(=O)NCc1cccc(-c2ccc([C@H]3O[C@@H](CN4CCCCC4)C[C@@H](c4ccc(CO)cc4)O3)cc2)c1. The molecule has 0 bridgehead atoms. The molecule has 0 radical (unpaired) electrons. The molecular formula is C42H50N4O5. The number of carbonyl (C=O) groups is 2. The Bertz CT molecular complexity index is 1720. The maximum absolute atomic E-state index is 12.6. The molecule has 9 heteroatoms. The number of likely N-dealkylation sites (tertiary alicyclic amines) is 1. The number of hydrogen-bond donors (Lipinski definition) is 4. The van der Waals surface area contributed by atoms with Crippen molar-refractivity contribution in [1.82, 2.24) is 10.2 Å². The van der Waals surface area contributed by atoms with E-state index in [-0.39, 0.29) is 30.6 Å². The molecule has 2 aliphatic rings. The van der Waals surface area contributed by atoms with Gasteiger partial charge in [0.15, 0.2) is 6.29 Å². The van der Waals surface area contributed by atoms with Gasteiger partial charge in [0, 0.05) is 37.9 Å². The van der Waals surface area contributed by atoms with Crippen LogP contribution < -0.4 is 16.4 Å². The fourth-order valence-corrected chi connectivity index (χ4v) is 6.84. The number of nitrogens with zero attached hydrogens (tertiary/aromatic N) is 1. The molecule has 5 N–H and O–H groups in total. The lowest BCUT2D eigenvalue weighted by Gasteiger charge is -2.39. The van der Waals surface area contributed by atoms with E-state index in [1.807, 2.05) is 36.4 Å². The van der Waals surface area contributed by atoms with Gasteiger partial charge in [0.1, 0.15) is 0 Å². The Hall–Kier alpha value is -4.54. The number of anilines is 2. The van der Waals surface area contributed by atoms with Gasteiger partial charge in [0.2, 0.25) is 11.8 Å². The quantitative estimate of drug-likeness (QED) is 0.0810. The first kappa shape index (κ1) is 36.3. The number of benzene rings is 4. The minimum absolute atomic E-state index is 0.0224. The van der Waals surface area contributed by atoms with Crippen molar-refractivity contribution in [1.29, 1.82) is 0 Å². The highest BCUT2D eigenvalue weighted by molar-refractivity contribution is 5.93. The molecule has 6 rings (SSSR count). The predicted molar refractivity (Wildman–Crippen MR) is 200 cm³/mol. The van der Waals surface area contributed by atoms with E-state index < -0.39 is 6.29 Å². The average Bonchev–Trinajstić information content (AvgIpc) is 3.17. The van der Waals surface area contributed by atoms with Crippen molar-refractivity contribution in [3.8, 4) is 11.1 Å². The van der Waals surface area contributed by atoms with Crippen molar-refractivity contribution in [2.45, 2.75) is 83.0 Å². The second-order valence-corrected chi connectivity index (χ2v) is 13.7. The summed E-state index contributed by atoms with van der Waals surface area (Å²) in [7, 11) is 0. The van der Waals surface area contributed by atoms with E-state index in [0.29, 0.717) is 43.6 Å². The zero-order chi connectivity index (χ0) is 35.4. The van der Waals surface area contributed by atoms with Crippen LogP contribution >= 0.6 is 0 Å². The van der Waals surface area contributed by atoms with Crippen LogP contribution in [-0.4, -0.2) is 47.6 Å².